The predicted molar refractivity (Wildman–Crippen MR) is 49.1 cm³/mol. The SMILES string of the molecule is C[C@H](O)C(=O)N1CCCC1C1CC1. The van der Waals surface area contributed by atoms with E-state index in [9.17, 15) is 9.90 Å². The minimum absolute atomic E-state index is 0.0746. The number of carbonyl (C=O) groups excluding carboxylic acids is 1. The molecule has 1 aliphatic heterocycles. The lowest BCUT2D eigenvalue weighted by atomic mass is 10.1. The van der Waals surface area contributed by atoms with Gasteiger partial charge >= 0.3 is 0 Å². The van der Waals surface area contributed by atoms with Crippen LogP contribution in [0.3, 0.4) is 0 Å². The van der Waals surface area contributed by atoms with Gasteiger partial charge in [-0.3, -0.25) is 4.79 Å². The van der Waals surface area contributed by atoms with Gasteiger partial charge in [-0.15, -0.1) is 0 Å². The van der Waals surface area contributed by atoms with Crippen LogP contribution in [0.4, 0.5) is 0 Å². The molecular formula is C10H17NO2. The van der Waals surface area contributed by atoms with Gasteiger partial charge in [-0.2, -0.15) is 0 Å². The molecule has 0 aromatic rings. The highest BCUT2D eigenvalue weighted by Crippen LogP contribution is 2.40. The zero-order chi connectivity index (χ0) is 9.42. The van der Waals surface area contributed by atoms with Crippen LogP contribution in [0, 0.1) is 5.92 Å². The maximum atomic E-state index is 11.6. The quantitative estimate of drug-likeness (QED) is 0.687. The Labute approximate surface area is 78.7 Å². The van der Waals surface area contributed by atoms with Crippen LogP contribution >= 0.6 is 0 Å². The molecule has 1 N–H and O–H groups in total. The summed E-state index contributed by atoms with van der Waals surface area (Å²) in [6.45, 7) is 2.41. The Morgan fingerprint density at radius 2 is 2.15 bits per heavy atom. The van der Waals surface area contributed by atoms with Crippen molar-refractivity contribution in [3.63, 3.8) is 0 Å². The third-order valence-corrected chi connectivity index (χ3v) is 3.11. The van der Waals surface area contributed by atoms with Crippen LogP contribution in [0.25, 0.3) is 0 Å². The first kappa shape index (κ1) is 9.00. The van der Waals surface area contributed by atoms with Crippen LogP contribution in [0.1, 0.15) is 32.6 Å². The lowest BCUT2D eigenvalue weighted by molar-refractivity contribution is -0.140. The van der Waals surface area contributed by atoms with Crippen molar-refractivity contribution in [2.24, 2.45) is 5.92 Å². The zero-order valence-corrected chi connectivity index (χ0v) is 8.07. The second-order valence-corrected chi connectivity index (χ2v) is 4.25. The minimum atomic E-state index is -0.820. The van der Waals surface area contributed by atoms with Crippen LogP contribution in [-0.2, 0) is 4.79 Å². The normalized spacial score (nSPS) is 30.6. The van der Waals surface area contributed by atoms with E-state index in [4.69, 9.17) is 0 Å². The van der Waals surface area contributed by atoms with Crippen LogP contribution in [0.2, 0.25) is 0 Å². The summed E-state index contributed by atoms with van der Waals surface area (Å²) in [6.07, 6.45) is 3.98. The van der Waals surface area contributed by atoms with Gasteiger partial charge in [0.15, 0.2) is 0 Å². The van der Waals surface area contributed by atoms with Crippen LogP contribution < -0.4 is 0 Å². The van der Waals surface area contributed by atoms with Crippen molar-refractivity contribution in [1.82, 2.24) is 4.90 Å². The van der Waals surface area contributed by atoms with E-state index in [1.807, 2.05) is 4.90 Å². The molecule has 1 saturated heterocycles. The third kappa shape index (κ3) is 1.70. The molecule has 0 spiro atoms. The Bertz CT molecular complexity index is 211. The standard InChI is InChI=1S/C10H17NO2/c1-7(12)10(13)11-6-2-3-9(11)8-4-5-8/h7-9,12H,2-6H2,1H3/t7-,9?/m0/s1. The molecule has 2 fully saturated rings. The fraction of sp³-hybridized carbons (Fsp3) is 0.900. The van der Waals surface area contributed by atoms with Gasteiger partial charge in [0, 0.05) is 12.6 Å². The number of likely N-dealkylation sites (tertiary alicyclic amines) is 1. The summed E-state index contributed by atoms with van der Waals surface area (Å²) in [5.74, 6) is 0.666. The van der Waals surface area contributed by atoms with Crippen molar-refractivity contribution in [1.29, 1.82) is 0 Å². The fourth-order valence-electron chi connectivity index (χ4n) is 2.28. The Hall–Kier alpha value is -0.570. The Morgan fingerprint density at radius 1 is 1.46 bits per heavy atom. The van der Waals surface area contributed by atoms with Gasteiger partial charge < -0.3 is 10.0 Å². The minimum Gasteiger partial charge on any atom is -0.384 e. The van der Waals surface area contributed by atoms with Gasteiger partial charge in [-0.1, -0.05) is 0 Å². The van der Waals surface area contributed by atoms with E-state index < -0.39 is 6.10 Å². The number of hydrogen-bond donors (Lipinski definition) is 1. The van der Waals surface area contributed by atoms with Crippen molar-refractivity contribution in [2.45, 2.75) is 44.8 Å². The largest absolute Gasteiger partial charge is 0.384 e. The Kier molecular flexibility index (Phi) is 2.28. The number of aliphatic hydroxyl groups is 1. The van der Waals surface area contributed by atoms with Gasteiger partial charge in [0.05, 0.1) is 0 Å². The first-order valence-corrected chi connectivity index (χ1v) is 5.18. The van der Waals surface area contributed by atoms with E-state index >= 15 is 0 Å². The monoisotopic (exact) mass is 183 g/mol. The number of nitrogens with zero attached hydrogens (tertiary/aromatic N) is 1. The Morgan fingerprint density at radius 3 is 2.69 bits per heavy atom. The summed E-state index contributed by atoms with van der Waals surface area (Å²) < 4.78 is 0. The van der Waals surface area contributed by atoms with E-state index in [0.29, 0.717) is 6.04 Å². The molecule has 2 rings (SSSR count). The number of hydrogen-bond acceptors (Lipinski definition) is 2. The molecule has 1 aliphatic carbocycles. The van der Waals surface area contributed by atoms with Crippen molar-refractivity contribution in [3.05, 3.63) is 0 Å². The molecule has 13 heavy (non-hydrogen) atoms. The maximum Gasteiger partial charge on any atom is 0.251 e. The lowest BCUT2D eigenvalue weighted by Crippen LogP contribution is -2.41. The molecule has 0 bridgehead atoms. The van der Waals surface area contributed by atoms with E-state index in [-0.39, 0.29) is 5.91 Å². The molecule has 1 unspecified atom stereocenters. The second kappa shape index (κ2) is 3.29. The molecule has 74 valence electrons. The fourth-order valence-corrected chi connectivity index (χ4v) is 2.28. The molecule has 0 radical (unpaired) electrons. The zero-order valence-electron chi connectivity index (χ0n) is 8.07. The highest BCUT2D eigenvalue weighted by atomic mass is 16.3. The molecule has 2 atom stereocenters. The molecule has 1 saturated carbocycles. The van der Waals surface area contributed by atoms with Crippen LogP contribution in [-0.4, -0.2) is 34.6 Å². The summed E-state index contributed by atoms with van der Waals surface area (Å²) >= 11 is 0. The number of rotatable bonds is 2. The van der Waals surface area contributed by atoms with E-state index in [1.165, 1.54) is 12.8 Å². The maximum absolute atomic E-state index is 11.6. The van der Waals surface area contributed by atoms with Crippen LogP contribution in [0.5, 0.6) is 0 Å². The van der Waals surface area contributed by atoms with Gasteiger partial charge in [0.1, 0.15) is 6.10 Å². The summed E-state index contributed by atoms with van der Waals surface area (Å²) in [4.78, 5) is 13.5. The second-order valence-electron chi connectivity index (χ2n) is 4.25. The van der Waals surface area contributed by atoms with Crippen molar-refractivity contribution in [3.8, 4) is 0 Å². The predicted octanol–water partition coefficient (Wildman–Crippen LogP) is 0.768. The molecule has 1 heterocycles. The Balaban J connectivity index is 2.00. The molecule has 3 nitrogen and oxygen atoms in total. The molecule has 1 amide bonds. The number of amides is 1. The van der Waals surface area contributed by atoms with E-state index in [2.05, 4.69) is 0 Å². The topological polar surface area (TPSA) is 40.5 Å². The van der Waals surface area contributed by atoms with Gasteiger partial charge in [0.25, 0.3) is 5.91 Å². The van der Waals surface area contributed by atoms with Crippen molar-refractivity contribution < 1.29 is 9.90 Å². The van der Waals surface area contributed by atoms with Crippen LogP contribution in [0.15, 0.2) is 0 Å². The van der Waals surface area contributed by atoms with Gasteiger partial charge in [-0.25, -0.2) is 0 Å². The average molecular weight is 183 g/mol. The first-order chi connectivity index (χ1) is 6.20. The smallest absolute Gasteiger partial charge is 0.251 e. The summed E-state index contributed by atoms with van der Waals surface area (Å²) in [6, 6.07) is 0.446. The molecule has 0 aromatic heterocycles. The lowest BCUT2D eigenvalue weighted by Gasteiger charge is -2.25. The molecular weight excluding hydrogens is 166 g/mol. The summed E-state index contributed by atoms with van der Waals surface area (Å²) in [5.41, 5.74) is 0. The van der Waals surface area contributed by atoms with E-state index in [0.717, 1.165) is 25.3 Å². The molecule has 2 aliphatic rings. The number of carbonyl (C=O) groups is 1. The molecule has 0 aromatic carbocycles. The summed E-state index contributed by atoms with van der Waals surface area (Å²) in [7, 11) is 0. The van der Waals surface area contributed by atoms with Gasteiger partial charge in [-0.05, 0) is 38.5 Å². The summed E-state index contributed by atoms with van der Waals surface area (Å²) in [5, 5.41) is 9.21. The molecule has 3 heteroatoms. The first-order valence-electron chi connectivity index (χ1n) is 5.18. The average Bonchev–Trinajstić information content (AvgIpc) is 2.83. The third-order valence-electron chi connectivity index (χ3n) is 3.11. The van der Waals surface area contributed by atoms with Crippen molar-refractivity contribution >= 4 is 5.91 Å². The van der Waals surface area contributed by atoms with Crippen molar-refractivity contribution in [2.75, 3.05) is 6.54 Å². The van der Waals surface area contributed by atoms with E-state index in [1.54, 1.807) is 6.92 Å². The highest BCUT2D eigenvalue weighted by Gasteiger charge is 2.40. The van der Waals surface area contributed by atoms with Gasteiger partial charge in [0.2, 0.25) is 0 Å². The number of aliphatic hydroxyl groups excluding tert-OH is 1. The highest BCUT2D eigenvalue weighted by molar-refractivity contribution is 5.80.